The molecule has 0 spiro atoms. The van der Waals surface area contributed by atoms with Crippen LogP contribution >= 0.6 is 43.5 Å². The summed E-state index contributed by atoms with van der Waals surface area (Å²) in [7, 11) is 0. The van der Waals surface area contributed by atoms with Crippen molar-refractivity contribution in [3.8, 4) is 0 Å². The fourth-order valence-corrected chi connectivity index (χ4v) is 1.52. The first-order chi connectivity index (χ1) is 6.09. The predicted octanol–water partition coefficient (Wildman–Crippen LogP) is 4.42. The van der Waals surface area contributed by atoms with E-state index >= 15 is 0 Å². The van der Waals surface area contributed by atoms with E-state index in [1.165, 1.54) is 0 Å². The Labute approximate surface area is 99.4 Å². The molecule has 0 aliphatic carbocycles. The van der Waals surface area contributed by atoms with E-state index in [0.717, 1.165) is 14.6 Å². The van der Waals surface area contributed by atoms with Crippen LogP contribution in [0.25, 0.3) is 0 Å². The van der Waals surface area contributed by atoms with Gasteiger partial charge in [0.2, 0.25) is 0 Å². The van der Waals surface area contributed by atoms with Gasteiger partial charge in [-0.3, -0.25) is 0 Å². The third-order valence-electron chi connectivity index (χ3n) is 1.40. The van der Waals surface area contributed by atoms with Crippen molar-refractivity contribution in [3.05, 3.63) is 38.8 Å². The molecule has 0 heterocycles. The number of hydrogen-bond acceptors (Lipinski definition) is 1. The van der Waals surface area contributed by atoms with E-state index in [2.05, 4.69) is 43.8 Å². The molecule has 1 aromatic carbocycles. The van der Waals surface area contributed by atoms with Crippen LogP contribution < -0.4 is 5.32 Å². The lowest BCUT2D eigenvalue weighted by molar-refractivity contribution is 1.32. The topological polar surface area (TPSA) is 12.0 Å². The van der Waals surface area contributed by atoms with Crippen molar-refractivity contribution in [2.24, 2.45) is 0 Å². The SMILES string of the molecule is C=C(Br)CNc1cc(Cl)ccc1Br. The Morgan fingerprint density at radius 2 is 2.23 bits per heavy atom. The number of rotatable bonds is 3. The van der Waals surface area contributed by atoms with E-state index in [0.29, 0.717) is 11.6 Å². The molecule has 0 atom stereocenters. The second kappa shape index (κ2) is 5.03. The van der Waals surface area contributed by atoms with Crippen molar-refractivity contribution in [2.75, 3.05) is 11.9 Å². The van der Waals surface area contributed by atoms with Crippen molar-refractivity contribution < 1.29 is 0 Å². The van der Waals surface area contributed by atoms with Gasteiger partial charge < -0.3 is 5.32 Å². The van der Waals surface area contributed by atoms with Crippen molar-refractivity contribution in [2.45, 2.75) is 0 Å². The Balaban J connectivity index is 2.75. The van der Waals surface area contributed by atoms with Gasteiger partial charge in [-0.1, -0.05) is 34.1 Å². The molecular formula is C9H8Br2ClN. The number of hydrogen-bond donors (Lipinski definition) is 1. The van der Waals surface area contributed by atoms with E-state index in [9.17, 15) is 0 Å². The molecule has 1 N–H and O–H groups in total. The van der Waals surface area contributed by atoms with Crippen LogP contribution in [0.1, 0.15) is 0 Å². The van der Waals surface area contributed by atoms with Gasteiger partial charge in [0, 0.05) is 20.5 Å². The maximum Gasteiger partial charge on any atom is 0.0502 e. The largest absolute Gasteiger partial charge is 0.380 e. The van der Waals surface area contributed by atoms with Gasteiger partial charge in [0.1, 0.15) is 0 Å². The summed E-state index contributed by atoms with van der Waals surface area (Å²) in [6, 6.07) is 5.60. The van der Waals surface area contributed by atoms with Crippen LogP contribution in [0.2, 0.25) is 5.02 Å². The minimum Gasteiger partial charge on any atom is -0.380 e. The third kappa shape index (κ3) is 3.71. The van der Waals surface area contributed by atoms with Gasteiger partial charge in [0.15, 0.2) is 0 Å². The van der Waals surface area contributed by atoms with Gasteiger partial charge in [-0.15, -0.1) is 0 Å². The maximum absolute atomic E-state index is 5.84. The number of benzene rings is 1. The van der Waals surface area contributed by atoms with Gasteiger partial charge in [0.05, 0.1) is 5.69 Å². The molecule has 0 saturated heterocycles. The molecule has 0 aliphatic rings. The number of anilines is 1. The Hall–Kier alpha value is 0.01000. The van der Waals surface area contributed by atoms with Gasteiger partial charge >= 0.3 is 0 Å². The molecule has 4 heteroatoms. The molecule has 0 radical (unpaired) electrons. The summed E-state index contributed by atoms with van der Waals surface area (Å²) in [5.41, 5.74) is 0.966. The molecule has 1 nitrogen and oxygen atoms in total. The van der Waals surface area contributed by atoms with Crippen molar-refractivity contribution >= 4 is 49.1 Å². The number of halogens is 3. The molecule has 0 saturated carbocycles. The van der Waals surface area contributed by atoms with Crippen LogP contribution in [0.5, 0.6) is 0 Å². The maximum atomic E-state index is 5.84. The molecule has 1 aromatic rings. The Kier molecular flexibility index (Phi) is 4.29. The standard InChI is InChI=1S/C9H8Br2ClN/c1-6(10)5-13-9-4-7(12)2-3-8(9)11/h2-4,13H,1,5H2. The predicted molar refractivity (Wildman–Crippen MR) is 65.7 cm³/mol. The summed E-state index contributed by atoms with van der Waals surface area (Å²) in [6.07, 6.45) is 0. The zero-order valence-electron chi connectivity index (χ0n) is 6.78. The molecule has 0 fully saturated rings. The normalized spacial score (nSPS) is 9.77. The average molecular weight is 325 g/mol. The van der Waals surface area contributed by atoms with Crippen molar-refractivity contribution in [3.63, 3.8) is 0 Å². The first-order valence-corrected chi connectivity index (χ1v) is 5.58. The lowest BCUT2D eigenvalue weighted by Gasteiger charge is -2.07. The van der Waals surface area contributed by atoms with E-state index in [-0.39, 0.29) is 0 Å². The van der Waals surface area contributed by atoms with Gasteiger partial charge in [0.25, 0.3) is 0 Å². The zero-order valence-corrected chi connectivity index (χ0v) is 10.7. The van der Waals surface area contributed by atoms with Crippen LogP contribution in [0.4, 0.5) is 5.69 Å². The Morgan fingerprint density at radius 3 is 2.85 bits per heavy atom. The molecule has 1 rings (SSSR count). The first kappa shape index (κ1) is 11.1. The lowest BCUT2D eigenvalue weighted by Crippen LogP contribution is -2.00. The molecule has 0 amide bonds. The highest BCUT2D eigenvalue weighted by Crippen LogP contribution is 2.26. The van der Waals surface area contributed by atoms with Crippen LogP contribution in [0.15, 0.2) is 33.7 Å². The fourth-order valence-electron chi connectivity index (χ4n) is 0.824. The smallest absolute Gasteiger partial charge is 0.0502 e. The summed E-state index contributed by atoms with van der Waals surface area (Å²) in [5.74, 6) is 0. The van der Waals surface area contributed by atoms with E-state index < -0.39 is 0 Å². The van der Waals surface area contributed by atoms with Gasteiger partial charge in [-0.05, 0) is 34.1 Å². The number of nitrogens with one attached hydrogen (secondary N) is 1. The molecule has 0 bridgehead atoms. The van der Waals surface area contributed by atoms with Crippen LogP contribution in [0.3, 0.4) is 0 Å². The van der Waals surface area contributed by atoms with Crippen LogP contribution in [-0.2, 0) is 0 Å². The van der Waals surface area contributed by atoms with Crippen molar-refractivity contribution in [1.29, 1.82) is 0 Å². The van der Waals surface area contributed by atoms with E-state index in [1.54, 1.807) is 0 Å². The fraction of sp³-hybridized carbons (Fsp3) is 0.111. The Morgan fingerprint density at radius 1 is 1.54 bits per heavy atom. The summed E-state index contributed by atoms with van der Waals surface area (Å²) < 4.78 is 1.89. The lowest BCUT2D eigenvalue weighted by atomic mass is 10.3. The molecule has 0 aliphatic heterocycles. The molecule has 13 heavy (non-hydrogen) atoms. The molecular weight excluding hydrogens is 317 g/mol. The monoisotopic (exact) mass is 323 g/mol. The van der Waals surface area contributed by atoms with E-state index in [4.69, 9.17) is 11.6 Å². The molecule has 70 valence electrons. The van der Waals surface area contributed by atoms with Gasteiger partial charge in [-0.2, -0.15) is 0 Å². The first-order valence-electron chi connectivity index (χ1n) is 3.62. The Bertz CT molecular complexity index is 325. The summed E-state index contributed by atoms with van der Waals surface area (Å²) in [5, 5.41) is 3.89. The minimum absolute atomic E-state index is 0.680. The second-order valence-electron chi connectivity index (χ2n) is 2.49. The highest BCUT2D eigenvalue weighted by Gasteiger charge is 1.99. The van der Waals surface area contributed by atoms with Crippen LogP contribution in [0, 0.1) is 0 Å². The minimum atomic E-state index is 0.680. The van der Waals surface area contributed by atoms with Crippen LogP contribution in [-0.4, -0.2) is 6.54 Å². The zero-order chi connectivity index (χ0) is 9.84. The highest BCUT2D eigenvalue weighted by atomic mass is 79.9. The molecule has 0 aromatic heterocycles. The second-order valence-corrected chi connectivity index (χ2v) is 4.91. The summed E-state index contributed by atoms with van der Waals surface area (Å²) in [4.78, 5) is 0. The molecule has 0 unspecified atom stereocenters. The quantitative estimate of drug-likeness (QED) is 0.867. The van der Waals surface area contributed by atoms with E-state index in [1.807, 2.05) is 18.2 Å². The van der Waals surface area contributed by atoms with Crippen molar-refractivity contribution in [1.82, 2.24) is 0 Å². The summed E-state index contributed by atoms with van der Waals surface area (Å²) in [6.45, 7) is 4.41. The highest BCUT2D eigenvalue weighted by molar-refractivity contribution is 9.11. The average Bonchev–Trinajstić information content (AvgIpc) is 2.06. The summed E-state index contributed by atoms with van der Waals surface area (Å²) >= 11 is 12.5. The van der Waals surface area contributed by atoms with Gasteiger partial charge in [-0.25, -0.2) is 0 Å². The third-order valence-corrected chi connectivity index (χ3v) is 2.61.